The van der Waals surface area contributed by atoms with Crippen LogP contribution in [0.2, 0.25) is 0 Å². The molecular formula is C13H26N2O2. The van der Waals surface area contributed by atoms with Gasteiger partial charge >= 0.3 is 0 Å². The number of hydrogen-bond donors (Lipinski definition) is 2. The Balaban J connectivity index is 2.37. The first-order chi connectivity index (χ1) is 7.99. The van der Waals surface area contributed by atoms with E-state index in [4.69, 9.17) is 4.74 Å². The van der Waals surface area contributed by atoms with Gasteiger partial charge in [0.2, 0.25) is 5.91 Å². The number of methoxy groups -OCH3 is 1. The second-order valence-corrected chi connectivity index (χ2v) is 5.57. The summed E-state index contributed by atoms with van der Waals surface area (Å²) in [5, 5.41) is 6.21. The average Bonchev–Trinajstić information content (AvgIpc) is 2.35. The molecule has 1 saturated carbocycles. The van der Waals surface area contributed by atoms with Gasteiger partial charge in [0.1, 0.15) is 0 Å². The summed E-state index contributed by atoms with van der Waals surface area (Å²) in [6, 6.07) is 0.484. The van der Waals surface area contributed by atoms with E-state index >= 15 is 0 Å². The first kappa shape index (κ1) is 14.5. The fourth-order valence-corrected chi connectivity index (χ4v) is 2.36. The van der Waals surface area contributed by atoms with Crippen LogP contribution in [-0.4, -0.2) is 38.8 Å². The van der Waals surface area contributed by atoms with Crippen LogP contribution in [0.5, 0.6) is 0 Å². The van der Waals surface area contributed by atoms with E-state index in [9.17, 15) is 4.79 Å². The number of ether oxygens (including phenoxy) is 1. The molecule has 17 heavy (non-hydrogen) atoms. The molecule has 0 aromatic rings. The molecule has 0 aliphatic heterocycles. The molecule has 2 N–H and O–H groups in total. The van der Waals surface area contributed by atoms with Crippen molar-refractivity contribution in [3.63, 3.8) is 0 Å². The third-order valence-electron chi connectivity index (χ3n) is 3.63. The Kier molecular flexibility index (Phi) is 5.40. The van der Waals surface area contributed by atoms with Crippen molar-refractivity contribution in [2.75, 3.05) is 20.7 Å². The van der Waals surface area contributed by atoms with Gasteiger partial charge in [-0.2, -0.15) is 0 Å². The van der Waals surface area contributed by atoms with Crippen LogP contribution in [0, 0.1) is 5.41 Å². The quantitative estimate of drug-likeness (QED) is 0.764. The fourth-order valence-electron chi connectivity index (χ4n) is 2.36. The molecule has 1 aliphatic rings. The Morgan fingerprint density at radius 2 is 2.12 bits per heavy atom. The van der Waals surface area contributed by atoms with Crippen molar-refractivity contribution >= 4 is 5.91 Å². The van der Waals surface area contributed by atoms with Gasteiger partial charge in [-0.05, 0) is 39.5 Å². The summed E-state index contributed by atoms with van der Waals surface area (Å²) in [6.07, 6.45) is 4.98. The van der Waals surface area contributed by atoms with Crippen molar-refractivity contribution in [3.8, 4) is 0 Å². The second kappa shape index (κ2) is 6.36. The van der Waals surface area contributed by atoms with Gasteiger partial charge in [0.15, 0.2) is 0 Å². The van der Waals surface area contributed by atoms with Crippen molar-refractivity contribution in [1.29, 1.82) is 0 Å². The van der Waals surface area contributed by atoms with Crippen LogP contribution >= 0.6 is 0 Å². The van der Waals surface area contributed by atoms with Gasteiger partial charge in [0.25, 0.3) is 0 Å². The molecule has 2 atom stereocenters. The monoisotopic (exact) mass is 242 g/mol. The SMILES string of the molecule is CNC(=O)C(C)(C)CNC1CCCC(OC)C1. The Morgan fingerprint density at radius 1 is 1.41 bits per heavy atom. The third kappa shape index (κ3) is 4.28. The summed E-state index contributed by atoms with van der Waals surface area (Å²) in [4.78, 5) is 11.7. The highest BCUT2D eigenvalue weighted by molar-refractivity contribution is 5.81. The molecule has 4 heteroatoms. The van der Waals surface area contributed by atoms with Crippen LogP contribution in [-0.2, 0) is 9.53 Å². The summed E-state index contributed by atoms with van der Waals surface area (Å²) < 4.78 is 5.40. The maximum atomic E-state index is 11.7. The number of amides is 1. The average molecular weight is 242 g/mol. The predicted octanol–water partition coefficient (Wildman–Crippen LogP) is 1.31. The summed E-state index contributed by atoms with van der Waals surface area (Å²) in [7, 11) is 3.47. The highest BCUT2D eigenvalue weighted by Gasteiger charge is 2.28. The van der Waals surface area contributed by atoms with Gasteiger partial charge < -0.3 is 15.4 Å². The highest BCUT2D eigenvalue weighted by atomic mass is 16.5. The Morgan fingerprint density at radius 3 is 2.71 bits per heavy atom. The summed E-state index contributed by atoms with van der Waals surface area (Å²) in [6.45, 7) is 4.65. The van der Waals surface area contributed by atoms with E-state index in [1.54, 1.807) is 14.2 Å². The molecule has 1 aliphatic carbocycles. The number of rotatable bonds is 5. The molecule has 0 bridgehead atoms. The van der Waals surface area contributed by atoms with Crippen LogP contribution in [0.3, 0.4) is 0 Å². The minimum Gasteiger partial charge on any atom is -0.381 e. The second-order valence-electron chi connectivity index (χ2n) is 5.57. The maximum Gasteiger partial charge on any atom is 0.226 e. The minimum absolute atomic E-state index is 0.0871. The molecular weight excluding hydrogens is 216 g/mol. The molecule has 0 spiro atoms. The van der Waals surface area contributed by atoms with Crippen LogP contribution in [0.1, 0.15) is 39.5 Å². The predicted molar refractivity (Wildman–Crippen MR) is 68.9 cm³/mol. The van der Waals surface area contributed by atoms with E-state index in [1.165, 1.54) is 12.8 Å². The Hall–Kier alpha value is -0.610. The van der Waals surface area contributed by atoms with Gasteiger partial charge in [0, 0.05) is 26.7 Å². The topological polar surface area (TPSA) is 50.4 Å². The first-order valence-corrected chi connectivity index (χ1v) is 6.48. The van der Waals surface area contributed by atoms with Crippen LogP contribution < -0.4 is 10.6 Å². The molecule has 0 radical (unpaired) electrons. The molecule has 0 aromatic heterocycles. The lowest BCUT2D eigenvalue weighted by atomic mass is 9.89. The molecule has 4 nitrogen and oxygen atoms in total. The third-order valence-corrected chi connectivity index (χ3v) is 3.63. The van der Waals surface area contributed by atoms with Crippen molar-refractivity contribution < 1.29 is 9.53 Å². The lowest BCUT2D eigenvalue weighted by Crippen LogP contribution is -2.46. The number of hydrogen-bond acceptors (Lipinski definition) is 3. The number of nitrogens with one attached hydrogen (secondary N) is 2. The fraction of sp³-hybridized carbons (Fsp3) is 0.923. The zero-order valence-electron chi connectivity index (χ0n) is 11.5. The standard InChI is InChI=1S/C13H26N2O2/c1-13(2,12(16)14-3)9-15-10-6-5-7-11(8-10)17-4/h10-11,15H,5-9H2,1-4H3,(H,14,16). The first-order valence-electron chi connectivity index (χ1n) is 6.48. The summed E-state index contributed by atoms with van der Waals surface area (Å²) >= 11 is 0. The number of carbonyl (C=O) groups is 1. The minimum atomic E-state index is -0.352. The molecule has 0 heterocycles. The van der Waals surface area contributed by atoms with Crippen LogP contribution in [0.15, 0.2) is 0 Å². The van der Waals surface area contributed by atoms with Crippen LogP contribution in [0.4, 0.5) is 0 Å². The Labute approximate surface area is 104 Å². The molecule has 100 valence electrons. The molecule has 2 unspecified atom stereocenters. The molecule has 0 aromatic carbocycles. The van der Waals surface area contributed by atoms with Gasteiger partial charge in [-0.25, -0.2) is 0 Å². The normalized spacial score (nSPS) is 25.6. The summed E-state index contributed by atoms with van der Waals surface area (Å²) in [5.41, 5.74) is -0.352. The van der Waals surface area contributed by atoms with E-state index in [0.29, 0.717) is 18.7 Å². The van der Waals surface area contributed by atoms with Crippen molar-refractivity contribution in [1.82, 2.24) is 10.6 Å². The van der Waals surface area contributed by atoms with E-state index in [-0.39, 0.29) is 11.3 Å². The van der Waals surface area contributed by atoms with Crippen molar-refractivity contribution in [2.24, 2.45) is 5.41 Å². The molecule has 0 saturated heterocycles. The Bertz CT molecular complexity index is 254. The van der Waals surface area contributed by atoms with Crippen molar-refractivity contribution in [3.05, 3.63) is 0 Å². The number of carbonyl (C=O) groups excluding carboxylic acids is 1. The lowest BCUT2D eigenvalue weighted by molar-refractivity contribution is -0.128. The van der Waals surface area contributed by atoms with Gasteiger partial charge in [-0.1, -0.05) is 0 Å². The largest absolute Gasteiger partial charge is 0.381 e. The zero-order chi connectivity index (χ0) is 12.9. The summed E-state index contributed by atoms with van der Waals surface area (Å²) in [5.74, 6) is 0.0871. The van der Waals surface area contributed by atoms with Gasteiger partial charge in [0.05, 0.1) is 11.5 Å². The molecule has 1 rings (SSSR count). The van der Waals surface area contributed by atoms with Gasteiger partial charge in [-0.3, -0.25) is 4.79 Å². The zero-order valence-corrected chi connectivity index (χ0v) is 11.5. The lowest BCUT2D eigenvalue weighted by Gasteiger charge is -2.32. The van der Waals surface area contributed by atoms with Gasteiger partial charge in [-0.15, -0.1) is 0 Å². The van der Waals surface area contributed by atoms with Crippen LogP contribution in [0.25, 0.3) is 0 Å². The highest BCUT2D eigenvalue weighted by Crippen LogP contribution is 2.22. The maximum absolute atomic E-state index is 11.7. The van der Waals surface area contributed by atoms with E-state index in [1.807, 2.05) is 13.8 Å². The molecule has 1 amide bonds. The smallest absolute Gasteiger partial charge is 0.226 e. The van der Waals surface area contributed by atoms with E-state index in [2.05, 4.69) is 10.6 Å². The molecule has 1 fully saturated rings. The van der Waals surface area contributed by atoms with Crippen molar-refractivity contribution in [2.45, 2.75) is 51.7 Å². The van der Waals surface area contributed by atoms with E-state index < -0.39 is 0 Å². The van der Waals surface area contributed by atoms with E-state index in [0.717, 1.165) is 12.8 Å².